The van der Waals surface area contributed by atoms with Crippen molar-refractivity contribution in [1.29, 1.82) is 0 Å². The van der Waals surface area contributed by atoms with Gasteiger partial charge in [-0.3, -0.25) is 4.79 Å². The van der Waals surface area contributed by atoms with Crippen LogP contribution in [0.3, 0.4) is 0 Å². The lowest BCUT2D eigenvalue weighted by atomic mass is 10.1. The van der Waals surface area contributed by atoms with Crippen molar-refractivity contribution in [2.75, 3.05) is 0 Å². The molecule has 0 bridgehead atoms. The number of carbonyl (C=O) groups excluding carboxylic acids is 1. The normalized spacial score (nSPS) is 12.7. The predicted molar refractivity (Wildman–Crippen MR) is 85.9 cm³/mol. The topological polar surface area (TPSA) is 50.7 Å². The fourth-order valence-electron chi connectivity index (χ4n) is 2.47. The van der Waals surface area contributed by atoms with E-state index in [2.05, 4.69) is 9.97 Å². The lowest BCUT2D eigenvalue weighted by Gasteiger charge is -2.10. The molecule has 0 fully saturated rings. The Labute approximate surface area is 127 Å². The summed E-state index contributed by atoms with van der Waals surface area (Å²) in [4.78, 5) is 20.4. The molecule has 3 rings (SSSR count). The van der Waals surface area contributed by atoms with E-state index in [-0.39, 0.29) is 11.0 Å². The molecule has 0 aliphatic carbocycles. The first-order chi connectivity index (χ1) is 10.1. The Bertz CT molecular complexity index is 803. The lowest BCUT2D eigenvalue weighted by molar-refractivity contribution is 0.0995. The molecular weight excluding hydrogens is 282 g/mol. The monoisotopic (exact) mass is 299 g/mol. The molecule has 0 spiro atoms. The second kappa shape index (κ2) is 5.41. The van der Waals surface area contributed by atoms with Gasteiger partial charge in [0.2, 0.25) is 0 Å². The molecule has 4 nitrogen and oxygen atoms in total. The highest BCUT2D eigenvalue weighted by Crippen LogP contribution is 2.28. The molecular formula is C16H17N3OS. The van der Waals surface area contributed by atoms with Crippen molar-refractivity contribution in [3.63, 3.8) is 0 Å². The van der Waals surface area contributed by atoms with Crippen LogP contribution in [-0.2, 0) is 7.05 Å². The molecule has 108 valence electrons. The Morgan fingerprint density at radius 1 is 1.38 bits per heavy atom. The number of rotatable bonds is 4. The van der Waals surface area contributed by atoms with E-state index in [1.807, 2.05) is 55.9 Å². The van der Waals surface area contributed by atoms with Crippen LogP contribution in [0.1, 0.15) is 23.0 Å². The minimum absolute atomic E-state index is 0.137. The molecule has 0 amide bonds. The SMILES string of the molecule is Cc1[nH]c2ccccc2c1C(=O)C(C)Sc1nccn1C. The highest BCUT2D eigenvalue weighted by molar-refractivity contribution is 8.00. The number of H-pyrrole nitrogens is 1. The van der Waals surface area contributed by atoms with Crippen LogP contribution in [-0.4, -0.2) is 25.6 Å². The van der Waals surface area contributed by atoms with Gasteiger partial charge in [0.25, 0.3) is 0 Å². The van der Waals surface area contributed by atoms with Crippen molar-refractivity contribution in [3.05, 3.63) is 47.9 Å². The number of imidazole rings is 1. The number of ketones is 1. The van der Waals surface area contributed by atoms with E-state index in [0.29, 0.717) is 0 Å². The molecule has 5 heteroatoms. The Morgan fingerprint density at radius 2 is 2.14 bits per heavy atom. The summed E-state index contributed by atoms with van der Waals surface area (Å²) < 4.78 is 1.93. The molecule has 0 aliphatic heterocycles. The van der Waals surface area contributed by atoms with Crippen LogP contribution in [0, 0.1) is 6.92 Å². The van der Waals surface area contributed by atoms with Gasteiger partial charge in [0.05, 0.1) is 5.25 Å². The standard InChI is InChI=1S/C16H17N3OS/c1-10-14(12-6-4-5-7-13(12)18-10)15(20)11(2)21-16-17-8-9-19(16)3/h4-9,11,18H,1-3H3. The fourth-order valence-corrected chi connectivity index (χ4v) is 3.36. The average Bonchev–Trinajstić information content (AvgIpc) is 3.01. The van der Waals surface area contributed by atoms with Crippen LogP contribution in [0.2, 0.25) is 0 Å². The molecule has 0 radical (unpaired) electrons. The molecule has 2 aromatic heterocycles. The number of hydrogen-bond acceptors (Lipinski definition) is 3. The predicted octanol–water partition coefficient (Wildman–Crippen LogP) is 3.57. The van der Waals surface area contributed by atoms with Gasteiger partial charge in [0.15, 0.2) is 10.9 Å². The summed E-state index contributed by atoms with van der Waals surface area (Å²) in [6.45, 7) is 3.88. The summed E-state index contributed by atoms with van der Waals surface area (Å²) in [5.74, 6) is 0.137. The van der Waals surface area contributed by atoms with Gasteiger partial charge in [0, 0.05) is 41.6 Å². The third-order valence-electron chi connectivity index (χ3n) is 3.57. The number of benzene rings is 1. The van der Waals surface area contributed by atoms with Gasteiger partial charge in [-0.1, -0.05) is 30.0 Å². The van der Waals surface area contributed by atoms with Crippen LogP contribution in [0.4, 0.5) is 0 Å². The molecule has 1 aromatic carbocycles. The van der Waals surface area contributed by atoms with Gasteiger partial charge < -0.3 is 9.55 Å². The zero-order valence-electron chi connectivity index (χ0n) is 12.3. The highest BCUT2D eigenvalue weighted by Gasteiger charge is 2.23. The minimum Gasteiger partial charge on any atom is -0.358 e. The van der Waals surface area contributed by atoms with E-state index in [1.165, 1.54) is 11.8 Å². The molecule has 21 heavy (non-hydrogen) atoms. The average molecular weight is 299 g/mol. The quantitative estimate of drug-likeness (QED) is 0.592. The van der Waals surface area contributed by atoms with E-state index in [1.54, 1.807) is 6.20 Å². The number of nitrogens with one attached hydrogen (secondary N) is 1. The first-order valence-electron chi connectivity index (χ1n) is 6.83. The van der Waals surface area contributed by atoms with E-state index < -0.39 is 0 Å². The van der Waals surface area contributed by atoms with E-state index in [4.69, 9.17) is 0 Å². The summed E-state index contributed by atoms with van der Waals surface area (Å²) in [6, 6.07) is 7.92. The number of fused-ring (bicyclic) bond motifs is 1. The molecule has 0 aliphatic rings. The largest absolute Gasteiger partial charge is 0.358 e. The second-order valence-corrected chi connectivity index (χ2v) is 6.42. The maximum Gasteiger partial charge on any atom is 0.178 e. The van der Waals surface area contributed by atoms with Gasteiger partial charge in [-0.25, -0.2) is 4.98 Å². The van der Waals surface area contributed by atoms with E-state index >= 15 is 0 Å². The fraction of sp³-hybridized carbons (Fsp3) is 0.250. The van der Waals surface area contributed by atoms with Crippen LogP contribution in [0.5, 0.6) is 0 Å². The summed E-state index contributed by atoms with van der Waals surface area (Å²) >= 11 is 1.49. The third-order valence-corrected chi connectivity index (χ3v) is 4.74. The number of thioether (sulfide) groups is 1. The van der Waals surface area contributed by atoms with Crippen LogP contribution < -0.4 is 0 Å². The van der Waals surface area contributed by atoms with Gasteiger partial charge in [-0.05, 0) is 19.9 Å². The molecule has 3 aromatic rings. The summed E-state index contributed by atoms with van der Waals surface area (Å²) in [7, 11) is 1.93. The Morgan fingerprint density at radius 3 is 2.86 bits per heavy atom. The number of nitrogens with zero attached hydrogens (tertiary/aromatic N) is 2. The minimum atomic E-state index is -0.177. The Kier molecular flexibility index (Phi) is 3.59. The number of para-hydroxylation sites is 1. The van der Waals surface area contributed by atoms with Crippen molar-refractivity contribution in [3.8, 4) is 0 Å². The smallest absolute Gasteiger partial charge is 0.178 e. The van der Waals surface area contributed by atoms with Gasteiger partial charge in [0.1, 0.15) is 0 Å². The number of hydrogen-bond donors (Lipinski definition) is 1. The van der Waals surface area contributed by atoms with Crippen molar-refractivity contribution in [1.82, 2.24) is 14.5 Å². The summed E-state index contributed by atoms with van der Waals surface area (Å²) in [5, 5.41) is 1.67. The first-order valence-corrected chi connectivity index (χ1v) is 7.71. The Balaban J connectivity index is 1.93. The molecule has 1 unspecified atom stereocenters. The lowest BCUT2D eigenvalue weighted by Crippen LogP contribution is -2.15. The number of aryl methyl sites for hydroxylation is 2. The first kappa shape index (κ1) is 13.9. The van der Waals surface area contributed by atoms with Crippen molar-refractivity contribution in [2.24, 2.45) is 7.05 Å². The summed E-state index contributed by atoms with van der Waals surface area (Å²) in [6.07, 6.45) is 3.63. The van der Waals surface area contributed by atoms with Crippen molar-refractivity contribution < 1.29 is 4.79 Å². The van der Waals surface area contributed by atoms with Gasteiger partial charge in [-0.15, -0.1) is 0 Å². The molecule has 1 atom stereocenters. The zero-order valence-corrected chi connectivity index (χ0v) is 13.1. The number of aromatic nitrogens is 3. The zero-order chi connectivity index (χ0) is 15.0. The molecule has 1 N–H and O–H groups in total. The van der Waals surface area contributed by atoms with E-state index in [0.717, 1.165) is 27.3 Å². The number of carbonyl (C=O) groups is 1. The molecule has 0 saturated carbocycles. The maximum absolute atomic E-state index is 12.8. The maximum atomic E-state index is 12.8. The molecule has 0 saturated heterocycles. The number of aromatic amines is 1. The van der Waals surface area contributed by atoms with E-state index in [9.17, 15) is 4.79 Å². The van der Waals surface area contributed by atoms with Crippen LogP contribution in [0.15, 0.2) is 41.8 Å². The van der Waals surface area contributed by atoms with Crippen LogP contribution in [0.25, 0.3) is 10.9 Å². The number of Topliss-reactive ketones (excluding diaryl/α,β-unsaturated/α-hetero) is 1. The van der Waals surface area contributed by atoms with Gasteiger partial charge >= 0.3 is 0 Å². The molecule has 2 heterocycles. The van der Waals surface area contributed by atoms with Crippen LogP contribution >= 0.6 is 11.8 Å². The van der Waals surface area contributed by atoms with Crippen molar-refractivity contribution >= 4 is 28.4 Å². The summed E-state index contributed by atoms with van der Waals surface area (Å²) in [5.41, 5.74) is 2.72. The Hall–Kier alpha value is -2.01. The second-order valence-electron chi connectivity index (χ2n) is 5.12. The highest BCUT2D eigenvalue weighted by atomic mass is 32.2. The third kappa shape index (κ3) is 2.49. The van der Waals surface area contributed by atoms with Crippen molar-refractivity contribution in [2.45, 2.75) is 24.3 Å². The van der Waals surface area contributed by atoms with Gasteiger partial charge in [-0.2, -0.15) is 0 Å².